The lowest BCUT2D eigenvalue weighted by Gasteiger charge is -2.38. The van der Waals surface area contributed by atoms with Crippen molar-refractivity contribution >= 4 is 5.91 Å². The van der Waals surface area contributed by atoms with Gasteiger partial charge in [-0.05, 0) is 32.1 Å². The summed E-state index contributed by atoms with van der Waals surface area (Å²) in [6, 6.07) is 0.374. The van der Waals surface area contributed by atoms with Crippen LogP contribution in [-0.2, 0) is 9.53 Å². The van der Waals surface area contributed by atoms with Crippen LogP contribution in [0, 0.1) is 5.92 Å². The van der Waals surface area contributed by atoms with Gasteiger partial charge < -0.3 is 15.4 Å². The summed E-state index contributed by atoms with van der Waals surface area (Å²) in [6.45, 7) is 6.17. The Labute approximate surface area is 97.1 Å². The maximum atomic E-state index is 11.6. The zero-order chi connectivity index (χ0) is 11.6. The van der Waals surface area contributed by atoms with E-state index in [1.54, 1.807) is 0 Å². The summed E-state index contributed by atoms with van der Waals surface area (Å²) in [5.74, 6) is 0.784. The molecule has 2 rings (SSSR count). The van der Waals surface area contributed by atoms with E-state index in [0.29, 0.717) is 6.04 Å². The third-order valence-electron chi connectivity index (χ3n) is 3.61. The fourth-order valence-corrected chi connectivity index (χ4v) is 2.43. The van der Waals surface area contributed by atoms with Gasteiger partial charge in [0.15, 0.2) is 0 Å². The van der Waals surface area contributed by atoms with Crippen LogP contribution in [0.5, 0.6) is 0 Å². The Bertz CT molecular complexity index is 264. The number of ether oxygens (including phenoxy) is 1. The fourth-order valence-electron chi connectivity index (χ4n) is 2.43. The normalized spacial score (nSPS) is 32.1. The largest absolute Gasteiger partial charge is 0.363 e. The summed E-state index contributed by atoms with van der Waals surface area (Å²) in [6.07, 6.45) is 3.46. The number of hydrogen-bond donors (Lipinski definition) is 2. The molecule has 0 aromatic heterocycles. The van der Waals surface area contributed by atoms with Crippen LogP contribution in [0.1, 0.15) is 33.1 Å². The van der Waals surface area contributed by atoms with Gasteiger partial charge in [0, 0.05) is 19.1 Å². The van der Waals surface area contributed by atoms with Crippen molar-refractivity contribution in [1.29, 1.82) is 0 Å². The van der Waals surface area contributed by atoms with Crippen LogP contribution >= 0.6 is 0 Å². The van der Waals surface area contributed by atoms with Gasteiger partial charge >= 0.3 is 0 Å². The van der Waals surface area contributed by atoms with Crippen LogP contribution in [-0.4, -0.2) is 37.2 Å². The van der Waals surface area contributed by atoms with Gasteiger partial charge in [-0.1, -0.05) is 6.92 Å². The zero-order valence-corrected chi connectivity index (χ0v) is 10.2. The number of carbonyl (C=O) groups is 1. The Morgan fingerprint density at radius 1 is 1.50 bits per heavy atom. The molecular weight excluding hydrogens is 204 g/mol. The Morgan fingerprint density at radius 2 is 2.25 bits per heavy atom. The van der Waals surface area contributed by atoms with Gasteiger partial charge in [0.1, 0.15) is 6.61 Å². The molecule has 2 atom stereocenters. The van der Waals surface area contributed by atoms with Crippen LogP contribution in [0.2, 0.25) is 0 Å². The second-order valence-corrected chi connectivity index (χ2v) is 5.52. The number of hydrogen-bond acceptors (Lipinski definition) is 3. The van der Waals surface area contributed by atoms with E-state index in [9.17, 15) is 4.79 Å². The van der Waals surface area contributed by atoms with E-state index in [2.05, 4.69) is 17.6 Å². The summed E-state index contributed by atoms with van der Waals surface area (Å²) in [5.41, 5.74) is -0.125. The van der Waals surface area contributed by atoms with E-state index >= 15 is 0 Å². The fraction of sp³-hybridized carbons (Fsp3) is 0.917. The summed E-state index contributed by atoms with van der Waals surface area (Å²) in [5, 5.41) is 6.19. The first-order chi connectivity index (χ1) is 7.57. The van der Waals surface area contributed by atoms with Gasteiger partial charge in [0.2, 0.25) is 5.91 Å². The van der Waals surface area contributed by atoms with Gasteiger partial charge in [-0.15, -0.1) is 0 Å². The van der Waals surface area contributed by atoms with Crippen molar-refractivity contribution in [3.8, 4) is 0 Å². The van der Waals surface area contributed by atoms with E-state index in [0.717, 1.165) is 31.8 Å². The van der Waals surface area contributed by atoms with Crippen molar-refractivity contribution in [2.45, 2.75) is 44.8 Å². The predicted octanol–water partition coefficient (Wildman–Crippen LogP) is 0.670. The molecule has 4 heteroatoms. The van der Waals surface area contributed by atoms with Crippen molar-refractivity contribution in [3.63, 3.8) is 0 Å². The molecule has 1 saturated carbocycles. The molecule has 1 saturated heterocycles. The van der Waals surface area contributed by atoms with Crippen molar-refractivity contribution in [1.82, 2.24) is 10.6 Å². The van der Waals surface area contributed by atoms with Crippen LogP contribution in [0.15, 0.2) is 0 Å². The highest BCUT2D eigenvalue weighted by Gasteiger charge is 2.33. The van der Waals surface area contributed by atoms with Crippen molar-refractivity contribution < 1.29 is 9.53 Å². The molecule has 2 aliphatic rings. The molecule has 16 heavy (non-hydrogen) atoms. The quantitative estimate of drug-likeness (QED) is 0.741. The standard InChI is InChI=1S/C12H22N2O2/c1-9-3-4-10(5-9)14-11(15)6-16-12(2)7-13-8-12/h9-10,13H,3-8H2,1-2H3,(H,14,15). The minimum absolute atomic E-state index is 0.0345. The molecule has 92 valence electrons. The molecule has 2 unspecified atom stereocenters. The topological polar surface area (TPSA) is 50.4 Å². The van der Waals surface area contributed by atoms with Gasteiger partial charge in [-0.2, -0.15) is 0 Å². The zero-order valence-electron chi connectivity index (χ0n) is 10.2. The van der Waals surface area contributed by atoms with Gasteiger partial charge in [0.25, 0.3) is 0 Å². The second-order valence-electron chi connectivity index (χ2n) is 5.52. The highest BCUT2D eigenvalue weighted by molar-refractivity contribution is 5.77. The van der Waals surface area contributed by atoms with Crippen LogP contribution in [0.4, 0.5) is 0 Å². The highest BCUT2D eigenvalue weighted by Crippen LogP contribution is 2.24. The van der Waals surface area contributed by atoms with Crippen molar-refractivity contribution in [3.05, 3.63) is 0 Å². The summed E-state index contributed by atoms with van der Waals surface area (Å²) in [7, 11) is 0. The average molecular weight is 226 g/mol. The highest BCUT2D eigenvalue weighted by atomic mass is 16.5. The van der Waals surface area contributed by atoms with Crippen LogP contribution < -0.4 is 10.6 Å². The Hall–Kier alpha value is -0.610. The van der Waals surface area contributed by atoms with E-state index in [4.69, 9.17) is 4.74 Å². The van der Waals surface area contributed by atoms with Gasteiger partial charge in [0.05, 0.1) is 5.60 Å². The molecule has 2 N–H and O–H groups in total. The lowest BCUT2D eigenvalue weighted by atomic mass is 10.0. The van der Waals surface area contributed by atoms with Crippen LogP contribution in [0.25, 0.3) is 0 Å². The predicted molar refractivity (Wildman–Crippen MR) is 62.2 cm³/mol. The summed E-state index contributed by atoms with van der Waals surface area (Å²) < 4.78 is 5.59. The molecule has 4 nitrogen and oxygen atoms in total. The second kappa shape index (κ2) is 4.72. The Morgan fingerprint density at radius 3 is 2.75 bits per heavy atom. The molecule has 0 spiro atoms. The molecule has 2 fully saturated rings. The van der Waals surface area contributed by atoms with Crippen LogP contribution in [0.3, 0.4) is 0 Å². The first kappa shape index (κ1) is 11.9. The van der Waals surface area contributed by atoms with Gasteiger partial charge in [-0.3, -0.25) is 4.79 Å². The molecule has 0 aromatic carbocycles. The third-order valence-corrected chi connectivity index (χ3v) is 3.61. The molecule has 1 amide bonds. The molecule has 0 radical (unpaired) electrons. The Kier molecular flexibility index (Phi) is 3.50. The molecule has 0 aromatic rings. The van der Waals surface area contributed by atoms with E-state index in [1.807, 2.05) is 6.92 Å². The molecule has 1 aliphatic heterocycles. The SMILES string of the molecule is CC1CCC(NC(=O)COC2(C)CNC2)C1. The number of carbonyl (C=O) groups excluding carboxylic acids is 1. The number of nitrogens with one attached hydrogen (secondary N) is 2. The molecule has 1 heterocycles. The maximum absolute atomic E-state index is 11.6. The maximum Gasteiger partial charge on any atom is 0.246 e. The first-order valence-corrected chi connectivity index (χ1v) is 6.21. The molecular formula is C12H22N2O2. The third kappa shape index (κ3) is 2.95. The van der Waals surface area contributed by atoms with Crippen molar-refractivity contribution in [2.75, 3.05) is 19.7 Å². The van der Waals surface area contributed by atoms with Crippen molar-refractivity contribution in [2.24, 2.45) is 5.92 Å². The summed E-state index contributed by atoms with van der Waals surface area (Å²) in [4.78, 5) is 11.6. The smallest absolute Gasteiger partial charge is 0.246 e. The van der Waals surface area contributed by atoms with E-state index in [-0.39, 0.29) is 18.1 Å². The monoisotopic (exact) mass is 226 g/mol. The molecule has 0 bridgehead atoms. The minimum Gasteiger partial charge on any atom is -0.363 e. The lowest BCUT2D eigenvalue weighted by Crippen LogP contribution is -2.59. The lowest BCUT2D eigenvalue weighted by molar-refractivity contribution is -0.136. The van der Waals surface area contributed by atoms with E-state index in [1.165, 1.54) is 6.42 Å². The number of amides is 1. The van der Waals surface area contributed by atoms with E-state index < -0.39 is 0 Å². The average Bonchev–Trinajstić information content (AvgIpc) is 2.58. The molecule has 1 aliphatic carbocycles. The summed E-state index contributed by atoms with van der Waals surface area (Å²) >= 11 is 0. The Balaban J connectivity index is 1.64. The first-order valence-electron chi connectivity index (χ1n) is 6.21. The number of rotatable bonds is 4. The van der Waals surface area contributed by atoms with Gasteiger partial charge in [-0.25, -0.2) is 0 Å². The minimum atomic E-state index is -0.125.